The number of hydrogen-bond acceptors (Lipinski definition) is 9. The topological polar surface area (TPSA) is 152 Å². The van der Waals surface area contributed by atoms with Crippen LogP contribution in [-0.4, -0.2) is 94.5 Å². The van der Waals surface area contributed by atoms with E-state index in [4.69, 9.17) is 0 Å². The van der Waals surface area contributed by atoms with E-state index in [-0.39, 0.29) is 35.2 Å². The molecule has 0 aliphatic heterocycles. The summed E-state index contributed by atoms with van der Waals surface area (Å²) < 4.78 is 0.579. The maximum absolute atomic E-state index is 13.1. The maximum Gasteiger partial charge on any atom is 0.193 e. The summed E-state index contributed by atoms with van der Waals surface area (Å²) in [4.78, 5) is 54.9. The van der Waals surface area contributed by atoms with Gasteiger partial charge in [0.25, 0.3) is 0 Å². The lowest BCUT2D eigenvalue weighted by Gasteiger charge is -2.46. The summed E-state index contributed by atoms with van der Waals surface area (Å²) in [6.45, 7) is 14.1. The first-order valence-corrected chi connectivity index (χ1v) is 21.3. The van der Waals surface area contributed by atoms with Crippen molar-refractivity contribution in [1.82, 2.24) is 4.90 Å². The van der Waals surface area contributed by atoms with E-state index in [1.807, 2.05) is 72.8 Å². The highest BCUT2D eigenvalue weighted by Gasteiger charge is 2.39. The standard InChI is InChI=1S/C51H65N2O8/c1-48(2,58)44(54)38-18-10-14-34(26-38)30-52(31-35-15-11-19-39(27-35)45(55)49(3,4)59)42-22-24-43(25-23-42)53(9,32-36-16-12-20-40(28-36)46(56)50(5,6)60)33-37-17-13-21-41(29-37)47(57)51(7,8)61/h10-21,26-29,42-43,58-61H,22-25,30-33H2,1-9H3/q+1. The normalized spacial score (nSPS) is 16.7. The molecular formula is C51H65N2O8+. The smallest absolute Gasteiger partial charge is 0.193 e. The highest BCUT2D eigenvalue weighted by Crippen LogP contribution is 2.35. The molecule has 0 unspecified atom stereocenters. The van der Waals surface area contributed by atoms with E-state index in [0.717, 1.165) is 47.9 Å². The van der Waals surface area contributed by atoms with Gasteiger partial charge >= 0.3 is 0 Å². The molecule has 1 saturated carbocycles. The number of carbonyl (C=O) groups excluding carboxylic acids is 4. The molecule has 4 aromatic carbocycles. The molecular weight excluding hydrogens is 769 g/mol. The van der Waals surface area contributed by atoms with Gasteiger partial charge in [-0.25, -0.2) is 0 Å². The minimum atomic E-state index is -1.52. The number of quaternary nitrogens is 1. The highest BCUT2D eigenvalue weighted by molar-refractivity contribution is 6.03. The summed E-state index contributed by atoms with van der Waals surface area (Å²) in [6.07, 6.45) is 3.41. The predicted octanol–water partition coefficient (Wildman–Crippen LogP) is 7.66. The van der Waals surface area contributed by atoms with Gasteiger partial charge in [0.2, 0.25) is 0 Å². The number of ketones is 4. The van der Waals surface area contributed by atoms with Crippen LogP contribution in [0.4, 0.5) is 0 Å². The van der Waals surface area contributed by atoms with Crippen molar-refractivity contribution < 1.29 is 44.1 Å². The predicted molar refractivity (Wildman–Crippen MR) is 237 cm³/mol. The molecule has 0 amide bonds. The van der Waals surface area contributed by atoms with Crippen molar-refractivity contribution >= 4 is 23.1 Å². The van der Waals surface area contributed by atoms with Gasteiger partial charge in [0.1, 0.15) is 35.5 Å². The lowest BCUT2D eigenvalue weighted by molar-refractivity contribution is -0.960. The van der Waals surface area contributed by atoms with Crippen LogP contribution < -0.4 is 0 Å². The van der Waals surface area contributed by atoms with Gasteiger partial charge in [-0.15, -0.1) is 0 Å². The molecule has 326 valence electrons. The summed E-state index contributed by atoms with van der Waals surface area (Å²) in [5, 5.41) is 42.1. The minimum Gasteiger partial charge on any atom is -0.382 e. The molecule has 5 rings (SSSR count). The first-order valence-electron chi connectivity index (χ1n) is 21.3. The van der Waals surface area contributed by atoms with Crippen molar-refractivity contribution in [3.63, 3.8) is 0 Å². The van der Waals surface area contributed by atoms with E-state index >= 15 is 0 Å². The number of aliphatic hydroxyl groups is 4. The Hall–Kier alpha value is -4.68. The van der Waals surface area contributed by atoms with Crippen molar-refractivity contribution in [3.8, 4) is 0 Å². The third kappa shape index (κ3) is 12.2. The third-order valence-electron chi connectivity index (χ3n) is 11.9. The Morgan fingerprint density at radius 3 is 1.07 bits per heavy atom. The van der Waals surface area contributed by atoms with Gasteiger partial charge in [-0.2, -0.15) is 0 Å². The Balaban J connectivity index is 1.47. The van der Waals surface area contributed by atoms with Gasteiger partial charge in [-0.1, -0.05) is 72.8 Å². The number of rotatable bonds is 18. The summed E-state index contributed by atoms with van der Waals surface area (Å²) in [6, 6.07) is 30.0. The maximum atomic E-state index is 13.1. The largest absolute Gasteiger partial charge is 0.382 e. The molecule has 0 bridgehead atoms. The number of hydrogen-bond donors (Lipinski definition) is 4. The highest BCUT2D eigenvalue weighted by atomic mass is 16.3. The van der Waals surface area contributed by atoms with Crippen LogP contribution in [0, 0.1) is 0 Å². The lowest BCUT2D eigenvalue weighted by atomic mass is 9.86. The minimum absolute atomic E-state index is 0.132. The Morgan fingerprint density at radius 2 is 0.770 bits per heavy atom. The number of carbonyl (C=O) groups is 4. The van der Waals surface area contributed by atoms with E-state index < -0.39 is 22.4 Å². The molecule has 0 atom stereocenters. The molecule has 10 heteroatoms. The second-order valence-corrected chi connectivity index (χ2v) is 19.5. The fourth-order valence-corrected chi connectivity index (χ4v) is 8.63. The summed E-state index contributed by atoms with van der Waals surface area (Å²) in [7, 11) is 2.22. The molecule has 1 aliphatic carbocycles. The summed E-state index contributed by atoms with van der Waals surface area (Å²) in [5.41, 5.74) is -0.601. The average molecular weight is 834 g/mol. The van der Waals surface area contributed by atoms with E-state index in [2.05, 4.69) is 11.9 Å². The average Bonchev–Trinajstić information content (AvgIpc) is 3.18. The first-order chi connectivity index (χ1) is 28.2. The number of nitrogens with zero attached hydrogens (tertiary/aromatic N) is 2. The summed E-state index contributed by atoms with van der Waals surface area (Å²) in [5.74, 6) is -1.43. The van der Waals surface area contributed by atoms with E-state index in [1.54, 1.807) is 24.3 Å². The van der Waals surface area contributed by atoms with Crippen LogP contribution in [0.2, 0.25) is 0 Å². The zero-order valence-corrected chi connectivity index (χ0v) is 37.4. The van der Waals surface area contributed by atoms with Crippen LogP contribution in [0.15, 0.2) is 97.1 Å². The Kier molecular flexibility index (Phi) is 14.2. The van der Waals surface area contributed by atoms with Crippen LogP contribution in [0.1, 0.15) is 145 Å². The molecule has 4 aromatic rings. The van der Waals surface area contributed by atoms with Crippen LogP contribution >= 0.6 is 0 Å². The SMILES string of the molecule is CC(C)(O)C(=O)c1cccc(CN(Cc2cccc(C(=O)C(C)(C)O)c2)C2CCC([N+](C)(Cc3cccc(C(=O)C(C)(C)O)c3)Cc3cccc(C(=O)C(C)(C)O)c3)CC2)c1. The van der Waals surface area contributed by atoms with Crippen molar-refractivity contribution in [2.24, 2.45) is 0 Å². The van der Waals surface area contributed by atoms with Crippen LogP contribution in [0.25, 0.3) is 0 Å². The Bertz CT molecular complexity index is 2080. The fraction of sp³-hybridized carbons (Fsp3) is 0.451. The zero-order valence-electron chi connectivity index (χ0n) is 37.4. The molecule has 10 nitrogen and oxygen atoms in total. The molecule has 0 heterocycles. The first kappa shape index (κ1) is 47.4. The van der Waals surface area contributed by atoms with Gasteiger partial charge in [-0.05, 0) is 104 Å². The second-order valence-electron chi connectivity index (χ2n) is 19.5. The van der Waals surface area contributed by atoms with E-state index in [0.29, 0.717) is 52.9 Å². The zero-order chi connectivity index (χ0) is 45.1. The lowest BCUT2D eigenvalue weighted by Crippen LogP contribution is -2.53. The van der Waals surface area contributed by atoms with E-state index in [9.17, 15) is 39.6 Å². The monoisotopic (exact) mass is 833 g/mol. The molecule has 0 radical (unpaired) electrons. The second kappa shape index (κ2) is 18.3. The van der Waals surface area contributed by atoms with Gasteiger partial charge < -0.3 is 24.9 Å². The van der Waals surface area contributed by atoms with Crippen molar-refractivity contribution in [2.45, 2.75) is 142 Å². The van der Waals surface area contributed by atoms with Crippen LogP contribution in [-0.2, 0) is 26.2 Å². The Morgan fingerprint density at radius 1 is 0.492 bits per heavy atom. The molecule has 4 N–H and O–H groups in total. The third-order valence-corrected chi connectivity index (χ3v) is 11.9. The fourth-order valence-electron chi connectivity index (χ4n) is 8.63. The van der Waals surface area contributed by atoms with Crippen molar-refractivity contribution in [3.05, 3.63) is 142 Å². The molecule has 0 spiro atoms. The molecule has 0 aromatic heterocycles. The quantitative estimate of drug-likeness (QED) is 0.0585. The number of benzene rings is 4. The molecule has 0 saturated heterocycles. The van der Waals surface area contributed by atoms with Gasteiger partial charge in [0.05, 0.1) is 13.1 Å². The van der Waals surface area contributed by atoms with Crippen LogP contribution in [0.3, 0.4) is 0 Å². The Labute approximate surface area is 361 Å². The molecule has 1 aliphatic rings. The van der Waals surface area contributed by atoms with Gasteiger partial charge in [0, 0.05) is 65.4 Å². The number of Topliss-reactive ketones (excluding diaryl/α,β-unsaturated/α-hetero) is 4. The van der Waals surface area contributed by atoms with Gasteiger partial charge in [-0.3, -0.25) is 24.1 Å². The van der Waals surface area contributed by atoms with Crippen molar-refractivity contribution in [2.75, 3.05) is 7.05 Å². The van der Waals surface area contributed by atoms with Crippen molar-refractivity contribution in [1.29, 1.82) is 0 Å². The molecule has 1 fully saturated rings. The van der Waals surface area contributed by atoms with E-state index in [1.165, 1.54) is 55.4 Å². The van der Waals surface area contributed by atoms with Gasteiger partial charge in [0.15, 0.2) is 23.1 Å². The molecule has 61 heavy (non-hydrogen) atoms. The summed E-state index contributed by atoms with van der Waals surface area (Å²) >= 11 is 0. The van der Waals surface area contributed by atoms with Crippen LogP contribution in [0.5, 0.6) is 0 Å².